The van der Waals surface area contributed by atoms with Gasteiger partial charge in [0, 0.05) is 0 Å². The molecule has 0 N–H and O–H groups in total. The van der Waals surface area contributed by atoms with Crippen LogP contribution in [0.5, 0.6) is 0 Å². The molecule has 0 amide bonds. The van der Waals surface area contributed by atoms with E-state index in [1.165, 1.54) is 0 Å². The first-order valence-electron chi connectivity index (χ1n) is 10.5. The van der Waals surface area contributed by atoms with Gasteiger partial charge in [-0.25, -0.2) is 0 Å². The van der Waals surface area contributed by atoms with Gasteiger partial charge in [0.05, 0.1) is 16.8 Å². The summed E-state index contributed by atoms with van der Waals surface area (Å²) >= 11 is 0. The highest BCUT2D eigenvalue weighted by atomic mass is 31.2. The molecule has 4 heteroatoms. The van der Waals surface area contributed by atoms with Gasteiger partial charge in [-0.3, -0.25) is 0 Å². The monoisotopic (exact) mass is 376 g/mol. The molecule has 25 heavy (non-hydrogen) atoms. The van der Waals surface area contributed by atoms with Crippen LogP contribution in [0.2, 0.25) is 0 Å². The van der Waals surface area contributed by atoms with Crippen molar-refractivity contribution in [1.29, 1.82) is 0 Å². The average molecular weight is 377 g/mol. The summed E-state index contributed by atoms with van der Waals surface area (Å²) in [5.74, 6) is 0. The molecule has 0 heterocycles. The van der Waals surface area contributed by atoms with Crippen LogP contribution in [-0.4, -0.2) is 16.8 Å². The van der Waals surface area contributed by atoms with E-state index < -0.39 is 8.60 Å². The second-order valence-electron chi connectivity index (χ2n) is 8.16. The van der Waals surface area contributed by atoms with E-state index in [0.29, 0.717) is 0 Å². The average Bonchev–Trinajstić information content (AvgIpc) is 2.55. The minimum Gasteiger partial charge on any atom is -0.306 e. The van der Waals surface area contributed by atoms with E-state index in [2.05, 4.69) is 62.3 Å². The highest BCUT2D eigenvalue weighted by Gasteiger charge is 2.38. The molecule has 0 fully saturated rings. The largest absolute Gasteiger partial charge is 0.334 e. The van der Waals surface area contributed by atoms with Gasteiger partial charge in [-0.2, -0.15) is 0 Å². The van der Waals surface area contributed by atoms with Crippen molar-refractivity contribution in [3.05, 3.63) is 0 Å². The van der Waals surface area contributed by atoms with Crippen LogP contribution in [0, 0.1) is 0 Å². The molecule has 0 aromatic carbocycles. The maximum Gasteiger partial charge on any atom is 0.334 e. The van der Waals surface area contributed by atoms with Crippen LogP contribution >= 0.6 is 8.60 Å². The predicted octanol–water partition coefficient (Wildman–Crippen LogP) is 8.17. The second kappa shape index (κ2) is 11.9. The molecule has 0 aliphatic rings. The summed E-state index contributed by atoms with van der Waals surface area (Å²) in [6.45, 7) is 19.8. The maximum atomic E-state index is 6.54. The highest BCUT2D eigenvalue weighted by molar-refractivity contribution is 7.41. The van der Waals surface area contributed by atoms with Crippen molar-refractivity contribution >= 4 is 8.60 Å². The lowest BCUT2D eigenvalue weighted by Gasteiger charge is -2.40. The molecule has 0 aromatic heterocycles. The minimum absolute atomic E-state index is 0.178. The Kier molecular flexibility index (Phi) is 12.1. The Bertz CT molecular complexity index is 300. The van der Waals surface area contributed by atoms with Crippen LogP contribution in [0.3, 0.4) is 0 Å². The maximum absolute atomic E-state index is 6.54. The van der Waals surface area contributed by atoms with E-state index in [4.69, 9.17) is 13.6 Å². The summed E-state index contributed by atoms with van der Waals surface area (Å²) in [6.07, 6.45) is 9.32. The molecule has 152 valence electrons. The molecule has 0 rings (SSSR count). The topological polar surface area (TPSA) is 27.7 Å². The van der Waals surface area contributed by atoms with Gasteiger partial charge < -0.3 is 13.6 Å². The zero-order valence-electron chi connectivity index (χ0n) is 18.5. The van der Waals surface area contributed by atoms with Gasteiger partial charge in [-0.05, 0) is 59.3 Å². The van der Waals surface area contributed by atoms with E-state index >= 15 is 0 Å². The molecule has 0 saturated heterocycles. The van der Waals surface area contributed by atoms with E-state index in [1.807, 2.05) is 0 Å². The number of rotatable bonds is 15. The van der Waals surface area contributed by atoms with Crippen molar-refractivity contribution < 1.29 is 13.6 Å². The summed E-state index contributed by atoms with van der Waals surface area (Å²) in [6, 6.07) is 0. The number of hydrogen-bond donors (Lipinski definition) is 0. The molecule has 0 saturated carbocycles. The Morgan fingerprint density at radius 1 is 0.520 bits per heavy atom. The van der Waals surface area contributed by atoms with E-state index in [1.54, 1.807) is 0 Å². The zero-order chi connectivity index (χ0) is 19.6. The van der Waals surface area contributed by atoms with Gasteiger partial charge in [-0.15, -0.1) is 0 Å². The summed E-state index contributed by atoms with van der Waals surface area (Å²) < 4.78 is 19.6. The third-order valence-electron chi connectivity index (χ3n) is 5.46. The fourth-order valence-electron chi connectivity index (χ4n) is 3.04. The van der Waals surface area contributed by atoms with Crippen molar-refractivity contribution in [2.75, 3.05) is 0 Å². The van der Waals surface area contributed by atoms with Gasteiger partial charge >= 0.3 is 8.60 Å². The first kappa shape index (κ1) is 25.3. The quantitative estimate of drug-likeness (QED) is 0.270. The molecule has 3 nitrogen and oxygen atoms in total. The van der Waals surface area contributed by atoms with E-state index in [-0.39, 0.29) is 16.8 Å². The molecule has 0 spiro atoms. The fraction of sp³-hybridized carbons (Fsp3) is 1.00. The van der Waals surface area contributed by atoms with Gasteiger partial charge in [0.1, 0.15) is 0 Å². The first-order valence-corrected chi connectivity index (χ1v) is 11.6. The lowest BCUT2D eigenvalue weighted by molar-refractivity contribution is -0.0403. The van der Waals surface area contributed by atoms with E-state index in [0.717, 1.165) is 57.8 Å². The highest BCUT2D eigenvalue weighted by Crippen LogP contribution is 2.54. The summed E-state index contributed by atoms with van der Waals surface area (Å²) in [7, 11) is -1.38. The second-order valence-corrected chi connectivity index (χ2v) is 9.15. The van der Waals surface area contributed by atoms with Crippen LogP contribution in [-0.2, 0) is 13.6 Å². The van der Waals surface area contributed by atoms with Crippen LogP contribution in [0.15, 0.2) is 0 Å². The summed E-state index contributed by atoms with van der Waals surface area (Å²) in [5, 5.41) is 0. The molecule has 0 aliphatic carbocycles. The van der Waals surface area contributed by atoms with Crippen molar-refractivity contribution in [2.24, 2.45) is 0 Å². The molecular formula is C21H45O3P. The molecule has 0 bridgehead atoms. The third kappa shape index (κ3) is 9.18. The molecule has 3 unspecified atom stereocenters. The molecule has 0 aliphatic heterocycles. The third-order valence-corrected chi connectivity index (χ3v) is 7.23. The Morgan fingerprint density at radius 2 is 0.760 bits per heavy atom. The van der Waals surface area contributed by atoms with Crippen LogP contribution in [0.25, 0.3) is 0 Å². The molecular weight excluding hydrogens is 331 g/mol. The van der Waals surface area contributed by atoms with Crippen molar-refractivity contribution in [3.63, 3.8) is 0 Å². The standard InChI is InChI=1S/C21H45O3P/c1-10-16-19(7,13-4)22-25(23-20(8,14-5)17-11-2)24-21(9,15-6)18-12-3/h10-18H2,1-9H3. The van der Waals surface area contributed by atoms with Gasteiger partial charge in [0.25, 0.3) is 0 Å². The van der Waals surface area contributed by atoms with Crippen molar-refractivity contribution in [2.45, 2.75) is 137 Å². The molecule has 0 aromatic rings. The lowest BCUT2D eigenvalue weighted by atomic mass is 9.98. The summed E-state index contributed by atoms with van der Waals surface area (Å²) in [4.78, 5) is 0. The normalized spacial score (nSPS) is 20.5. The van der Waals surface area contributed by atoms with Gasteiger partial charge in [-0.1, -0.05) is 60.8 Å². The first-order chi connectivity index (χ1) is 11.6. The Labute approximate surface area is 159 Å². The Morgan fingerprint density at radius 3 is 0.920 bits per heavy atom. The van der Waals surface area contributed by atoms with Gasteiger partial charge in [0.2, 0.25) is 0 Å². The Hall–Kier alpha value is 0.310. The van der Waals surface area contributed by atoms with Crippen LogP contribution in [0.1, 0.15) is 120 Å². The lowest BCUT2D eigenvalue weighted by Crippen LogP contribution is -2.34. The van der Waals surface area contributed by atoms with Crippen LogP contribution in [0.4, 0.5) is 0 Å². The zero-order valence-corrected chi connectivity index (χ0v) is 19.4. The SMILES string of the molecule is CCCC(C)(CC)OP(OC(C)(CC)CCC)OC(C)(CC)CCC. The molecule has 0 radical (unpaired) electrons. The van der Waals surface area contributed by atoms with Crippen molar-refractivity contribution in [3.8, 4) is 0 Å². The predicted molar refractivity (Wildman–Crippen MR) is 111 cm³/mol. The Balaban J connectivity index is 5.41. The van der Waals surface area contributed by atoms with Gasteiger partial charge in [0.15, 0.2) is 0 Å². The van der Waals surface area contributed by atoms with Crippen LogP contribution < -0.4 is 0 Å². The fourth-order valence-corrected chi connectivity index (χ4v) is 4.90. The van der Waals surface area contributed by atoms with E-state index in [9.17, 15) is 0 Å². The van der Waals surface area contributed by atoms with Crippen molar-refractivity contribution in [1.82, 2.24) is 0 Å². The minimum atomic E-state index is -1.38. The smallest absolute Gasteiger partial charge is 0.306 e. The summed E-state index contributed by atoms with van der Waals surface area (Å²) in [5.41, 5.74) is -0.535. The number of hydrogen-bond acceptors (Lipinski definition) is 3. The molecule has 3 atom stereocenters.